The molecule has 6 nitrogen and oxygen atoms in total. The Morgan fingerprint density at radius 1 is 1.18 bits per heavy atom. The number of amides is 2. The predicted octanol–water partition coefficient (Wildman–Crippen LogP) is 6.28. The number of hydrogen-bond acceptors (Lipinski definition) is 5. The maximum absolute atomic E-state index is 13.0. The number of aliphatic imine (C=N–C) groups is 1. The van der Waals surface area contributed by atoms with Crippen molar-refractivity contribution in [1.82, 2.24) is 4.90 Å². The summed E-state index contributed by atoms with van der Waals surface area (Å²) in [5.74, 6) is 0.403. The van der Waals surface area contributed by atoms with E-state index >= 15 is 0 Å². The van der Waals surface area contributed by atoms with Gasteiger partial charge >= 0.3 is 0 Å². The monoisotopic (exact) mass is 487 g/mol. The zero-order chi connectivity index (χ0) is 23.6. The highest BCUT2D eigenvalue weighted by atomic mass is 35.5. The molecular formula is C25H30ClN3O3S. The molecule has 0 aromatic heterocycles. The van der Waals surface area contributed by atoms with E-state index in [2.05, 4.69) is 12.2 Å². The lowest BCUT2D eigenvalue weighted by Gasteiger charge is -2.32. The molecule has 0 radical (unpaired) electrons. The Bertz CT molecular complexity index is 981. The van der Waals surface area contributed by atoms with Crippen LogP contribution in [0.3, 0.4) is 0 Å². The Kier molecular flexibility index (Phi) is 9.63. The largest absolute Gasteiger partial charge is 0.497 e. The summed E-state index contributed by atoms with van der Waals surface area (Å²) in [5.41, 5.74) is 1.31. The van der Waals surface area contributed by atoms with Crippen LogP contribution < -0.4 is 10.1 Å². The van der Waals surface area contributed by atoms with Gasteiger partial charge in [-0.2, -0.15) is 0 Å². The summed E-state index contributed by atoms with van der Waals surface area (Å²) in [6.07, 6.45) is 5.62. The van der Waals surface area contributed by atoms with Crippen molar-refractivity contribution in [3.8, 4) is 5.75 Å². The van der Waals surface area contributed by atoms with Crippen molar-refractivity contribution in [3.05, 3.63) is 53.6 Å². The molecule has 176 valence electrons. The third kappa shape index (κ3) is 7.51. The molecule has 2 aromatic carbocycles. The zero-order valence-corrected chi connectivity index (χ0v) is 20.6. The molecule has 2 aromatic rings. The maximum Gasteiger partial charge on any atom is 0.238 e. The van der Waals surface area contributed by atoms with Gasteiger partial charge in [0.05, 0.1) is 12.8 Å². The first-order valence-electron chi connectivity index (χ1n) is 11.3. The third-order valence-corrected chi connectivity index (χ3v) is 6.73. The number of nitrogens with zero attached hydrogens (tertiary/aromatic N) is 2. The van der Waals surface area contributed by atoms with Gasteiger partial charge < -0.3 is 10.1 Å². The van der Waals surface area contributed by atoms with Crippen LogP contribution in [0.25, 0.3) is 0 Å². The van der Waals surface area contributed by atoms with Crippen LogP contribution >= 0.6 is 23.4 Å². The summed E-state index contributed by atoms with van der Waals surface area (Å²) in [6, 6.07) is 14.3. The lowest BCUT2D eigenvalue weighted by molar-refractivity contribution is -0.129. The minimum Gasteiger partial charge on any atom is -0.497 e. The summed E-state index contributed by atoms with van der Waals surface area (Å²) < 4.78 is 5.16. The van der Waals surface area contributed by atoms with Crippen LogP contribution in [0.15, 0.2) is 53.5 Å². The Balaban J connectivity index is 1.74. The topological polar surface area (TPSA) is 71.0 Å². The van der Waals surface area contributed by atoms with E-state index in [1.807, 2.05) is 12.1 Å². The first kappa shape index (κ1) is 25.1. The molecular weight excluding hydrogens is 458 g/mol. The van der Waals surface area contributed by atoms with Crippen LogP contribution in [0, 0.1) is 0 Å². The van der Waals surface area contributed by atoms with Gasteiger partial charge in [-0.15, -0.1) is 0 Å². The van der Waals surface area contributed by atoms with Crippen LogP contribution in [0.5, 0.6) is 5.75 Å². The van der Waals surface area contributed by atoms with Crippen molar-refractivity contribution in [2.75, 3.05) is 19.0 Å². The van der Waals surface area contributed by atoms with Gasteiger partial charge in [0.25, 0.3) is 0 Å². The van der Waals surface area contributed by atoms with Crippen molar-refractivity contribution < 1.29 is 14.3 Å². The lowest BCUT2D eigenvalue weighted by Crippen LogP contribution is -2.45. The van der Waals surface area contributed by atoms with E-state index < -0.39 is 5.25 Å². The molecule has 2 amide bonds. The van der Waals surface area contributed by atoms with E-state index in [0.29, 0.717) is 33.9 Å². The molecule has 1 aliphatic rings. The normalized spacial score (nSPS) is 17.3. The van der Waals surface area contributed by atoms with Crippen molar-refractivity contribution in [1.29, 1.82) is 0 Å². The Morgan fingerprint density at radius 3 is 2.64 bits per heavy atom. The number of carbonyl (C=O) groups is 2. The van der Waals surface area contributed by atoms with E-state index in [-0.39, 0.29) is 18.2 Å². The number of unbranched alkanes of at least 4 members (excludes halogenated alkanes) is 4. The number of methoxy groups -OCH3 is 1. The first-order chi connectivity index (χ1) is 16.0. The molecule has 8 heteroatoms. The molecule has 1 unspecified atom stereocenters. The number of anilines is 1. The van der Waals surface area contributed by atoms with Gasteiger partial charge in [0.1, 0.15) is 11.0 Å². The fraction of sp³-hybridized carbons (Fsp3) is 0.400. The fourth-order valence-corrected chi connectivity index (χ4v) is 4.80. The number of rotatable bonds is 10. The number of ether oxygens (including phenoxy) is 1. The summed E-state index contributed by atoms with van der Waals surface area (Å²) in [6.45, 7) is 2.78. The minimum absolute atomic E-state index is 0.0834. The fourth-order valence-electron chi connectivity index (χ4n) is 3.49. The molecule has 0 aliphatic carbocycles. The zero-order valence-electron chi connectivity index (χ0n) is 19.1. The first-order valence-corrected chi connectivity index (χ1v) is 12.5. The van der Waals surface area contributed by atoms with Gasteiger partial charge in [0.15, 0.2) is 5.17 Å². The second-order valence-electron chi connectivity index (χ2n) is 7.86. The Hall–Kier alpha value is -2.51. The van der Waals surface area contributed by atoms with E-state index in [1.54, 1.807) is 48.4 Å². The quantitative estimate of drug-likeness (QED) is 0.400. The molecule has 1 fully saturated rings. The van der Waals surface area contributed by atoms with E-state index in [4.69, 9.17) is 21.3 Å². The standard InChI is InChI=1S/C25H30ClN3O3S/c1-3-4-5-6-7-15-29-23(30)17-22(24(31)27-19-11-13-21(32-2)14-12-19)33-25(29)28-20-10-8-9-18(26)16-20/h8-14,16,22H,3-7,15,17H2,1-2H3,(H,27,31). The van der Waals surface area contributed by atoms with Crippen LogP contribution in [-0.4, -0.2) is 40.8 Å². The second kappa shape index (κ2) is 12.7. The summed E-state index contributed by atoms with van der Waals surface area (Å²) >= 11 is 7.44. The number of hydrogen-bond donors (Lipinski definition) is 1. The van der Waals surface area contributed by atoms with Gasteiger partial charge in [-0.3, -0.25) is 14.5 Å². The molecule has 0 bridgehead atoms. The Labute approximate surface area is 204 Å². The predicted molar refractivity (Wildman–Crippen MR) is 137 cm³/mol. The Morgan fingerprint density at radius 2 is 1.94 bits per heavy atom. The molecule has 1 saturated heterocycles. The summed E-state index contributed by atoms with van der Waals surface area (Å²) in [4.78, 5) is 32.4. The van der Waals surface area contributed by atoms with Gasteiger partial charge in [0.2, 0.25) is 11.8 Å². The molecule has 1 N–H and O–H groups in total. The van der Waals surface area contributed by atoms with Gasteiger partial charge in [0, 0.05) is 23.7 Å². The third-order valence-electron chi connectivity index (χ3n) is 5.31. The average molecular weight is 488 g/mol. The van der Waals surface area contributed by atoms with Crippen molar-refractivity contribution >= 4 is 51.7 Å². The van der Waals surface area contributed by atoms with Crippen LogP contribution in [0.2, 0.25) is 5.02 Å². The smallest absolute Gasteiger partial charge is 0.238 e. The summed E-state index contributed by atoms with van der Waals surface area (Å²) in [7, 11) is 1.59. The highest BCUT2D eigenvalue weighted by Crippen LogP contribution is 2.31. The van der Waals surface area contributed by atoms with Gasteiger partial charge in [-0.25, -0.2) is 4.99 Å². The number of amidine groups is 1. The number of carbonyl (C=O) groups excluding carboxylic acids is 2. The average Bonchev–Trinajstić information content (AvgIpc) is 2.80. The molecule has 1 aliphatic heterocycles. The highest BCUT2D eigenvalue weighted by molar-refractivity contribution is 8.15. The van der Waals surface area contributed by atoms with E-state index in [1.165, 1.54) is 24.6 Å². The maximum atomic E-state index is 13.0. The molecule has 0 spiro atoms. The van der Waals surface area contributed by atoms with Crippen LogP contribution in [0.4, 0.5) is 11.4 Å². The highest BCUT2D eigenvalue weighted by Gasteiger charge is 2.35. The number of thioether (sulfide) groups is 1. The minimum atomic E-state index is -0.561. The SMILES string of the molecule is CCCCCCCN1C(=O)CC(C(=O)Nc2ccc(OC)cc2)SC1=Nc1cccc(Cl)c1. The molecule has 1 atom stereocenters. The lowest BCUT2D eigenvalue weighted by atomic mass is 10.1. The molecule has 1 heterocycles. The van der Waals surface area contributed by atoms with E-state index in [0.717, 1.165) is 19.3 Å². The van der Waals surface area contributed by atoms with Gasteiger partial charge in [-0.1, -0.05) is 62.0 Å². The van der Waals surface area contributed by atoms with Crippen molar-refractivity contribution in [2.24, 2.45) is 4.99 Å². The van der Waals surface area contributed by atoms with Gasteiger partial charge in [-0.05, 0) is 48.9 Å². The molecule has 33 heavy (non-hydrogen) atoms. The van der Waals surface area contributed by atoms with Crippen molar-refractivity contribution in [2.45, 2.75) is 50.7 Å². The molecule has 0 saturated carbocycles. The number of nitrogens with one attached hydrogen (secondary N) is 1. The molecule has 3 rings (SSSR count). The number of benzene rings is 2. The van der Waals surface area contributed by atoms with Crippen LogP contribution in [0.1, 0.15) is 45.4 Å². The van der Waals surface area contributed by atoms with Crippen LogP contribution in [-0.2, 0) is 9.59 Å². The van der Waals surface area contributed by atoms with E-state index in [9.17, 15) is 9.59 Å². The second-order valence-corrected chi connectivity index (χ2v) is 9.47. The summed E-state index contributed by atoms with van der Waals surface area (Å²) in [5, 5.41) is 3.45. The number of halogens is 1. The van der Waals surface area contributed by atoms with Crippen molar-refractivity contribution in [3.63, 3.8) is 0 Å².